The molecule has 4 heteroatoms. The molecule has 0 bridgehead atoms. The third-order valence-corrected chi connectivity index (χ3v) is 4.08. The third-order valence-electron chi connectivity index (χ3n) is 4.08. The van der Waals surface area contributed by atoms with Crippen molar-refractivity contribution in [2.75, 3.05) is 6.54 Å². The molecule has 0 heterocycles. The lowest BCUT2D eigenvalue weighted by molar-refractivity contribution is -0.120. The van der Waals surface area contributed by atoms with E-state index in [0.29, 0.717) is 25.3 Å². The standard InChI is InChI=1S/C17H23NO3/c19-14(12-13-6-2-1-3-7-13)10-11-18-17(21)15-8-4-5-9-16(15)20/h4-5,8-9,13,20H,1-3,6-7,10-12H2,(H,18,21). The summed E-state index contributed by atoms with van der Waals surface area (Å²) in [5, 5.41) is 12.3. The summed E-state index contributed by atoms with van der Waals surface area (Å²) in [6.45, 7) is 0.332. The number of aromatic hydroxyl groups is 1. The number of para-hydroxylation sites is 1. The van der Waals surface area contributed by atoms with Gasteiger partial charge in [-0.15, -0.1) is 0 Å². The van der Waals surface area contributed by atoms with Crippen molar-refractivity contribution in [1.82, 2.24) is 5.32 Å². The molecule has 2 rings (SSSR count). The summed E-state index contributed by atoms with van der Waals surface area (Å²) < 4.78 is 0. The van der Waals surface area contributed by atoms with Gasteiger partial charge >= 0.3 is 0 Å². The lowest BCUT2D eigenvalue weighted by Crippen LogP contribution is -2.26. The molecule has 114 valence electrons. The first-order valence-electron chi connectivity index (χ1n) is 7.74. The number of rotatable bonds is 6. The molecule has 0 aromatic heterocycles. The van der Waals surface area contributed by atoms with Gasteiger partial charge in [0.25, 0.3) is 5.91 Å². The summed E-state index contributed by atoms with van der Waals surface area (Å²) in [4.78, 5) is 23.8. The number of amides is 1. The van der Waals surface area contributed by atoms with Crippen molar-refractivity contribution in [2.24, 2.45) is 5.92 Å². The van der Waals surface area contributed by atoms with E-state index in [1.165, 1.54) is 25.3 Å². The predicted octanol–water partition coefficient (Wildman–Crippen LogP) is 3.05. The molecule has 0 atom stereocenters. The maximum absolute atomic E-state index is 11.9. The second kappa shape index (κ2) is 7.81. The molecule has 0 radical (unpaired) electrons. The Morgan fingerprint density at radius 1 is 1.14 bits per heavy atom. The van der Waals surface area contributed by atoms with Crippen molar-refractivity contribution in [1.29, 1.82) is 0 Å². The Hall–Kier alpha value is -1.84. The molecule has 0 aliphatic heterocycles. The molecular weight excluding hydrogens is 266 g/mol. The van der Waals surface area contributed by atoms with Crippen molar-refractivity contribution in [2.45, 2.75) is 44.9 Å². The van der Waals surface area contributed by atoms with Crippen LogP contribution < -0.4 is 5.32 Å². The summed E-state index contributed by atoms with van der Waals surface area (Å²) in [7, 11) is 0. The Labute approximate surface area is 125 Å². The number of hydrogen-bond donors (Lipinski definition) is 2. The molecular formula is C17H23NO3. The first-order chi connectivity index (χ1) is 10.2. The van der Waals surface area contributed by atoms with Gasteiger partial charge in [0, 0.05) is 19.4 Å². The number of benzene rings is 1. The van der Waals surface area contributed by atoms with E-state index in [4.69, 9.17) is 0 Å². The monoisotopic (exact) mass is 289 g/mol. The highest BCUT2D eigenvalue weighted by atomic mass is 16.3. The van der Waals surface area contributed by atoms with Crippen LogP contribution in [0.5, 0.6) is 5.75 Å². The first-order valence-corrected chi connectivity index (χ1v) is 7.74. The number of carbonyl (C=O) groups excluding carboxylic acids is 2. The number of phenols is 1. The van der Waals surface area contributed by atoms with E-state index in [9.17, 15) is 14.7 Å². The van der Waals surface area contributed by atoms with E-state index < -0.39 is 0 Å². The number of Topliss-reactive ketones (excluding diaryl/α,β-unsaturated/α-hetero) is 1. The predicted molar refractivity (Wildman–Crippen MR) is 81.3 cm³/mol. The van der Waals surface area contributed by atoms with Gasteiger partial charge in [0.2, 0.25) is 0 Å². The van der Waals surface area contributed by atoms with Crippen molar-refractivity contribution in [3.8, 4) is 5.75 Å². The summed E-state index contributed by atoms with van der Waals surface area (Å²) in [5.41, 5.74) is 0.247. The minimum atomic E-state index is -0.335. The number of carbonyl (C=O) groups is 2. The maximum Gasteiger partial charge on any atom is 0.255 e. The Bertz CT molecular complexity index is 493. The largest absolute Gasteiger partial charge is 0.507 e. The number of hydrogen-bond acceptors (Lipinski definition) is 3. The zero-order valence-electron chi connectivity index (χ0n) is 12.3. The number of ketones is 1. The fourth-order valence-corrected chi connectivity index (χ4v) is 2.89. The van der Waals surface area contributed by atoms with Crippen molar-refractivity contribution in [3.05, 3.63) is 29.8 Å². The minimum absolute atomic E-state index is 0.0384. The van der Waals surface area contributed by atoms with E-state index in [2.05, 4.69) is 5.32 Å². The van der Waals surface area contributed by atoms with Gasteiger partial charge in [-0.1, -0.05) is 44.2 Å². The zero-order valence-corrected chi connectivity index (χ0v) is 12.3. The number of phenolic OH excluding ortho intramolecular Hbond substituents is 1. The summed E-state index contributed by atoms with van der Waals surface area (Å²) >= 11 is 0. The lowest BCUT2D eigenvalue weighted by atomic mass is 9.85. The van der Waals surface area contributed by atoms with Crippen LogP contribution in [0.15, 0.2) is 24.3 Å². The van der Waals surface area contributed by atoms with E-state index in [0.717, 1.165) is 12.8 Å². The molecule has 0 spiro atoms. The average Bonchev–Trinajstić information content (AvgIpc) is 2.48. The van der Waals surface area contributed by atoms with Gasteiger partial charge in [0.1, 0.15) is 11.5 Å². The fourth-order valence-electron chi connectivity index (χ4n) is 2.89. The van der Waals surface area contributed by atoms with Crippen LogP contribution >= 0.6 is 0 Å². The molecule has 1 aliphatic rings. The van der Waals surface area contributed by atoms with Gasteiger partial charge in [0.05, 0.1) is 5.56 Å². The molecule has 1 saturated carbocycles. The topological polar surface area (TPSA) is 66.4 Å². The normalized spacial score (nSPS) is 15.6. The van der Waals surface area contributed by atoms with Crippen molar-refractivity contribution < 1.29 is 14.7 Å². The molecule has 21 heavy (non-hydrogen) atoms. The van der Waals surface area contributed by atoms with E-state index in [1.807, 2.05) is 0 Å². The Morgan fingerprint density at radius 2 is 1.86 bits per heavy atom. The molecule has 1 amide bonds. The van der Waals surface area contributed by atoms with E-state index in [1.54, 1.807) is 18.2 Å². The summed E-state index contributed by atoms with van der Waals surface area (Å²) in [6.07, 6.45) is 7.11. The van der Waals surface area contributed by atoms with Crippen molar-refractivity contribution in [3.63, 3.8) is 0 Å². The number of nitrogens with one attached hydrogen (secondary N) is 1. The van der Waals surface area contributed by atoms with Gasteiger partial charge in [-0.2, -0.15) is 0 Å². The maximum atomic E-state index is 11.9. The second-order valence-corrected chi connectivity index (χ2v) is 5.77. The molecule has 1 aliphatic carbocycles. The Morgan fingerprint density at radius 3 is 2.57 bits per heavy atom. The minimum Gasteiger partial charge on any atom is -0.507 e. The summed E-state index contributed by atoms with van der Waals surface area (Å²) in [5.74, 6) is 0.390. The fraction of sp³-hybridized carbons (Fsp3) is 0.529. The van der Waals surface area contributed by atoms with Gasteiger partial charge in [-0.3, -0.25) is 9.59 Å². The van der Waals surface area contributed by atoms with Gasteiger partial charge in [0.15, 0.2) is 0 Å². The van der Waals surface area contributed by atoms with E-state index >= 15 is 0 Å². The van der Waals surface area contributed by atoms with Gasteiger partial charge in [-0.25, -0.2) is 0 Å². The Balaban J connectivity index is 1.70. The van der Waals surface area contributed by atoms with Crippen LogP contribution in [-0.2, 0) is 4.79 Å². The van der Waals surface area contributed by atoms with E-state index in [-0.39, 0.29) is 23.0 Å². The average molecular weight is 289 g/mol. The summed E-state index contributed by atoms with van der Waals surface area (Å²) in [6, 6.07) is 6.40. The molecule has 1 aromatic carbocycles. The third kappa shape index (κ3) is 4.88. The van der Waals surface area contributed by atoms with Crippen LogP contribution in [0.1, 0.15) is 55.3 Å². The molecule has 1 aromatic rings. The molecule has 1 fully saturated rings. The van der Waals surface area contributed by atoms with Crippen LogP contribution in [0.4, 0.5) is 0 Å². The highest BCUT2D eigenvalue weighted by molar-refractivity contribution is 5.96. The van der Waals surface area contributed by atoms with Gasteiger partial charge in [-0.05, 0) is 18.1 Å². The quantitative estimate of drug-likeness (QED) is 0.846. The van der Waals surface area contributed by atoms with Crippen molar-refractivity contribution >= 4 is 11.7 Å². The van der Waals surface area contributed by atoms with Crippen LogP contribution in [0.25, 0.3) is 0 Å². The van der Waals surface area contributed by atoms with Gasteiger partial charge < -0.3 is 10.4 Å². The smallest absolute Gasteiger partial charge is 0.255 e. The first kappa shape index (κ1) is 15.5. The molecule has 0 saturated heterocycles. The molecule has 2 N–H and O–H groups in total. The highest BCUT2D eigenvalue weighted by Crippen LogP contribution is 2.26. The Kier molecular flexibility index (Phi) is 5.78. The SMILES string of the molecule is O=C(CCNC(=O)c1ccccc1O)CC1CCCCC1. The zero-order chi connectivity index (χ0) is 15.1. The van der Waals surface area contributed by atoms with Crippen LogP contribution in [-0.4, -0.2) is 23.3 Å². The lowest BCUT2D eigenvalue weighted by Gasteiger charge is -2.20. The van der Waals surface area contributed by atoms with Crippen LogP contribution in [0.3, 0.4) is 0 Å². The van der Waals surface area contributed by atoms with Crippen LogP contribution in [0.2, 0.25) is 0 Å². The van der Waals surface area contributed by atoms with Crippen LogP contribution in [0, 0.1) is 5.92 Å². The second-order valence-electron chi connectivity index (χ2n) is 5.77. The molecule has 0 unspecified atom stereocenters. The molecule has 4 nitrogen and oxygen atoms in total. The highest BCUT2D eigenvalue weighted by Gasteiger charge is 2.17.